The number of rotatable bonds is 3. The van der Waals surface area contributed by atoms with Crippen molar-refractivity contribution in [2.24, 2.45) is 0 Å². The average Bonchev–Trinajstić information content (AvgIpc) is 3.23. The van der Waals surface area contributed by atoms with E-state index < -0.39 is 5.82 Å². The summed E-state index contributed by atoms with van der Waals surface area (Å²) in [5.74, 6) is -0.530. The molecule has 1 saturated heterocycles. The molecule has 1 aliphatic heterocycles. The third-order valence-corrected chi connectivity index (χ3v) is 5.92. The highest BCUT2D eigenvalue weighted by atomic mass is 19.1. The lowest BCUT2D eigenvalue weighted by atomic mass is 9.87. The molecule has 3 aromatic rings. The van der Waals surface area contributed by atoms with Crippen molar-refractivity contribution in [1.82, 2.24) is 14.7 Å². The Bertz CT molecular complexity index is 1180. The predicted molar refractivity (Wildman–Crippen MR) is 122 cm³/mol. The molecule has 6 heteroatoms. The smallest absolute Gasteiger partial charge is 0.274 e. The minimum Gasteiger partial charge on any atom is -0.337 e. The largest absolute Gasteiger partial charge is 0.337 e. The number of amides is 1. The number of nitrogens with zero attached hydrogens (tertiary/aromatic N) is 4. The van der Waals surface area contributed by atoms with Crippen LogP contribution in [0.25, 0.3) is 16.9 Å². The first kappa shape index (κ1) is 21.8. The molecule has 2 heterocycles. The van der Waals surface area contributed by atoms with Gasteiger partial charge >= 0.3 is 0 Å². The van der Waals surface area contributed by atoms with Crippen LogP contribution in [0.2, 0.25) is 0 Å². The van der Waals surface area contributed by atoms with E-state index in [-0.39, 0.29) is 17.0 Å². The van der Waals surface area contributed by atoms with Crippen molar-refractivity contribution in [3.63, 3.8) is 0 Å². The van der Waals surface area contributed by atoms with Gasteiger partial charge in [-0.25, -0.2) is 9.07 Å². The molecule has 1 fully saturated rings. The minimum atomic E-state index is -0.396. The fourth-order valence-corrected chi connectivity index (χ4v) is 3.99. The first-order valence-electron chi connectivity index (χ1n) is 11.0. The third kappa shape index (κ3) is 4.29. The van der Waals surface area contributed by atoms with Gasteiger partial charge in [0.1, 0.15) is 11.5 Å². The van der Waals surface area contributed by atoms with E-state index in [0.29, 0.717) is 30.0 Å². The highest BCUT2D eigenvalue weighted by Crippen LogP contribution is 2.30. The summed E-state index contributed by atoms with van der Waals surface area (Å²) in [5, 5.41) is 13.7. The maximum absolute atomic E-state index is 15.2. The van der Waals surface area contributed by atoms with Gasteiger partial charge in [0.25, 0.3) is 5.91 Å². The second kappa shape index (κ2) is 8.58. The average molecular weight is 431 g/mol. The Morgan fingerprint density at radius 3 is 2.31 bits per heavy atom. The molecule has 0 unspecified atom stereocenters. The molecular formula is C26H27FN4O. The number of benzene rings is 2. The quantitative estimate of drug-likeness (QED) is 0.553. The lowest BCUT2D eigenvalue weighted by Crippen LogP contribution is -2.35. The van der Waals surface area contributed by atoms with Crippen LogP contribution in [0.3, 0.4) is 0 Å². The van der Waals surface area contributed by atoms with Gasteiger partial charge in [-0.15, -0.1) is 0 Å². The summed E-state index contributed by atoms with van der Waals surface area (Å²) < 4.78 is 16.7. The molecule has 1 amide bonds. The molecule has 1 aliphatic rings. The van der Waals surface area contributed by atoms with Crippen molar-refractivity contribution in [1.29, 1.82) is 5.26 Å². The fourth-order valence-electron chi connectivity index (χ4n) is 3.99. The second-order valence-electron chi connectivity index (χ2n) is 9.28. The van der Waals surface area contributed by atoms with Crippen molar-refractivity contribution in [2.75, 3.05) is 13.1 Å². The number of halogens is 1. The maximum atomic E-state index is 15.2. The van der Waals surface area contributed by atoms with Gasteiger partial charge in [-0.3, -0.25) is 4.79 Å². The molecule has 1 aromatic heterocycles. The van der Waals surface area contributed by atoms with Crippen LogP contribution in [0.15, 0.2) is 48.5 Å². The SMILES string of the molecule is CC(C)(C)c1ccc(-n2nc(C(=O)N3CCCCC3)cc2-c2ccc(C#N)cc2)c(F)c1. The molecule has 32 heavy (non-hydrogen) atoms. The zero-order valence-electron chi connectivity index (χ0n) is 18.7. The molecule has 5 nitrogen and oxygen atoms in total. The summed E-state index contributed by atoms with van der Waals surface area (Å²) >= 11 is 0. The van der Waals surface area contributed by atoms with Crippen molar-refractivity contribution in [3.8, 4) is 23.0 Å². The van der Waals surface area contributed by atoms with E-state index in [1.165, 1.54) is 10.7 Å². The van der Waals surface area contributed by atoms with Gasteiger partial charge in [-0.2, -0.15) is 10.4 Å². The lowest BCUT2D eigenvalue weighted by Gasteiger charge is -2.25. The fraction of sp³-hybridized carbons (Fsp3) is 0.346. The van der Waals surface area contributed by atoms with Gasteiger partial charge in [0.2, 0.25) is 0 Å². The van der Waals surface area contributed by atoms with Crippen LogP contribution in [0.5, 0.6) is 0 Å². The molecule has 2 aromatic carbocycles. The Morgan fingerprint density at radius 2 is 1.72 bits per heavy atom. The number of hydrogen-bond donors (Lipinski definition) is 0. The van der Waals surface area contributed by atoms with Crippen molar-refractivity contribution in [2.45, 2.75) is 45.4 Å². The summed E-state index contributed by atoms with van der Waals surface area (Å²) in [6, 6.07) is 16.0. The summed E-state index contributed by atoms with van der Waals surface area (Å²) in [7, 11) is 0. The van der Waals surface area contributed by atoms with Crippen LogP contribution < -0.4 is 0 Å². The van der Waals surface area contributed by atoms with Crippen molar-refractivity contribution >= 4 is 5.91 Å². The normalized spacial score (nSPS) is 14.3. The standard InChI is InChI=1S/C26H27FN4O/c1-26(2,3)20-11-12-23(21(27)15-20)31-24(19-9-7-18(17-28)8-10-19)16-22(29-31)25(32)30-13-5-4-6-14-30/h7-12,15-16H,4-6,13-14H2,1-3H3. The molecule has 0 atom stereocenters. The molecule has 0 spiro atoms. The number of likely N-dealkylation sites (tertiary alicyclic amines) is 1. The van der Waals surface area contributed by atoms with Crippen LogP contribution in [0, 0.1) is 17.1 Å². The monoisotopic (exact) mass is 430 g/mol. The topological polar surface area (TPSA) is 61.9 Å². The van der Waals surface area contributed by atoms with Crippen LogP contribution in [-0.4, -0.2) is 33.7 Å². The molecule has 0 bridgehead atoms. The summed E-state index contributed by atoms with van der Waals surface area (Å²) in [4.78, 5) is 14.9. The number of nitriles is 1. The number of carbonyl (C=O) groups is 1. The Labute approximate surface area is 188 Å². The van der Waals surface area contributed by atoms with Gasteiger partial charge < -0.3 is 4.90 Å². The van der Waals surface area contributed by atoms with Gasteiger partial charge in [0.15, 0.2) is 5.69 Å². The number of piperidine rings is 1. The number of hydrogen-bond acceptors (Lipinski definition) is 3. The molecule has 0 radical (unpaired) electrons. The lowest BCUT2D eigenvalue weighted by molar-refractivity contribution is 0.0718. The summed E-state index contributed by atoms with van der Waals surface area (Å²) in [6.07, 6.45) is 3.09. The molecule has 0 N–H and O–H groups in total. The Hall–Kier alpha value is -3.46. The van der Waals surface area contributed by atoms with E-state index in [0.717, 1.165) is 30.4 Å². The van der Waals surface area contributed by atoms with Gasteiger partial charge in [-0.05, 0) is 60.6 Å². The van der Waals surface area contributed by atoms with Gasteiger partial charge in [0, 0.05) is 18.7 Å². The Balaban J connectivity index is 1.81. The maximum Gasteiger partial charge on any atom is 0.274 e. The van der Waals surface area contributed by atoms with Crippen LogP contribution in [-0.2, 0) is 5.41 Å². The minimum absolute atomic E-state index is 0.134. The van der Waals surface area contributed by atoms with Crippen LogP contribution in [0.4, 0.5) is 4.39 Å². The van der Waals surface area contributed by atoms with Gasteiger partial charge in [0.05, 0.1) is 17.3 Å². The number of aromatic nitrogens is 2. The third-order valence-electron chi connectivity index (χ3n) is 5.92. The second-order valence-corrected chi connectivity index (χ2v) is 9.28. The van der Waals surface area contributed by atoms with Gasteiger partial charge in [-0.1, -0.05) is 39.0 Å². The van der Waals surface area contributed by atoms with Crippen molar-refractivity contribution in [3.05, 3.63) is 71.2 Å². The predicted octanol–water partition coefficient (Wildman–Crippen LogP) is 5.47. The van der Waals surface area contributed by atoms with E-state index >= 15 is 4.39 Å². The molecular weight excluding hydrogens is 403 g/mol. The molecule has 4 rings (SSSR count). The zero-order valence-corrected chi connectivity index (χ0v) is 18.7. The van der Waals surface area contributed by atoms with E-state index in [1.807, 2.05) is 31.7 Å². The van der Waals surface area contributed by atoms with E-state index in [1.54, 1.807) is 36.4 Å². The Kier molecular flexibility index (Phi) is 5.84. The van der Waals surface area contributed by atoms with Crippen molar-refractivity contribution < 1.29 is 9.18 Å². The summed E-state index contributed by atoms with van der Waals surface area (Å²) in [6.45, 7) is 7.53. The van der Waals surface area contributed by atoms with E-state index in [2.05, 4.69) is 11.2 Å². The first-order valence-corrected chi connectivity index (χ1v) is 11.0. The molecule has 164 valence electrons. The first-order chi connectivity index (χ1) is 15.3. The molecule has 0 aliphatic carbocycles. The van der Waals surface area contributed by atoms with Crippen LogP contribution in [0.1, 0.15) is 61.6 Å². The van der Waals surface area contributed by atoms with E-state index in [9.17, 15) is 4.79 Å². The zero-order chi connectivity index (χ0) is 22.9. The highest BCUT2D eigenvalue weighted by Gasteiger charge is 2.24. The number of carbonyl (C=O) groups excluding carboxylic acids is 1. The van der Waals surface area contributed by atoms with E-state index in [4.69, 9.17) is 5.26 Å². The highest BCUT2D eigenvalue weighted by molar-refractivity contribution is 5.93. The van der Waals surface area contributed by atoms with Crippen LogP contribution >= 0.6 is 0 Å². The summed E-state index contributed by atoms with van der Waals surface area (Å²) in [5.41, 5.74) is 3.18. The Morgan fingerprint density at radius 1 is 1.03 bits per heavy atom. The molecule has 0 saturated carbocycles.